The molecule has 1 amide bonds. The summed E-state index contributed by atoms with van der Waals surface area (Å²) in [5, 5.41) is 0. The van der Waals surface area contributed by atoms with Gasteiger partial charge in [0.05, 0.1) is 17.4 Å². The van der Waals surface area contributed by atoms with E-state index in [1.807, 2.05) is 69.0 Å². The number of ether oxygens (including phenoxy) is 2. The quantitative estimate of drug-likeness (QED) is 0.586. The van der Waals surface area contributed by atoms with Crippen LogP contribution >= 0.6 is 0 Å². The lowest BCUT2D eigenvalue weighted by Crippen LogP contribution is -2.58. The number of benzene rings is 1. The minimum atomic E-state index is -0.913. The van der Waals surface area contributed by atoms with Crippen LogP contribution in [0.2, 0.25) is 0 Å². The summed E-state index contributed by atoms with van der Waals surface area (Å²) in [5.74, 6) is 0.837. The molecule has 0 N–H and O–H groups in total. The van der Waals surface area contributed by atoms with E-state index in [1.54, 1.807) is 6.92 Å². The topological polar surface area (TPSA) is 54.9 Å². The Balaban J connectivity index is 1.46. The first kappa shape index (κ1) is 25.6. The molecule has 2 aliphatic rings. The summed E-state index contributed by atoms with van der Waals surface area (Å²) in [4.78, 5) is 22.0. The first-order valence-electron chi connectivity index (χ1n) is 12.7. The number of pyridine rings is 1. The van der Waals surface area contributed by atoms with Crippen LogP contribution in [0.1, 0.15) is 67.0 Å². The highest BCUT2D eigenvalue weighted by atomic mass is 19.1. The maximum atomic E-state index is 14.0. The van der Waals surface area contributed by atoms with Crippen LogP contribution in [0.3, 0.4) is 0 Å². The minimum absolute atomic E-state index is 0.0287. The molecule has 1 spiro atoms. The van der Waals surface area contributed by atoms with Crippen LogP contribution in [0.5, 0.6) is 5.75 Å². The van der Waals surface area contributed by atoms with Crippen molar-refractivity contribution < 1.29 is 18.7 Å². The zero-order valence-corrected chi connectivity index (χ0v) is 21.6. The molecule has 190 valence electrons. The largest absolute Gasteiger partial charge is 0.491 e. The van der Waals surface area contributed by atoms with Gasteiger partial charge in [-0.3, -0.25) is 14.7 Å². The molecule has 0 radical (unpaired) electrons. The molecule has 2 saturated heterocycles. The fraction of sp³-hybridized carbons (Fsp3) is 0.571. The van der Waals surface area contributed by atoms with Crippen LogP contribution in [-0.4, -0.2) is 71.3 Å². The highest BCUT2D eigenvalue weighted by Gasteiger charge is 2.44. The second-order valence-corrected chi connectivity index (χ2v) is 10.4. The van der Waals surface area contributed by atoms with Crippen LogP contribution in [0, 0.1) is 13.8 Å². The lowest BCUT2D eigenvalue weighted by Gasteiger charge is -2.50. The molecule has 35 heavy (non-hydrogen) atoms. The van der Waals surface area contributed by atoms with Gasteiger partial charge in [0.15, 0.2) is 0 Å². The van der Waals surface area contributed by atoms with E-state index < -0.39 is 11.8 Å². The second kappa shape index (κ2) is 10.6. The molecule has 4 rings (SSSR count). The van der Waals surface area contributed by atoms with Crippen molar-refractivity contribution in [3.8, 4) is 5.75 Å². The van der Waals surface area contributed by atoms with Crippen LogP contribution in [-0.2, 0) is 4.74 Å². The molecular weight excluding hydrogens is 445 g/mol. The zero-order valence-electron chi connectivity index (χ0n) is 21.6. The Labute approximate surface area is 208 Å². The Bertz CT molecular complexity index is 1030. The van der Waals surface area contributed by atoms with E-state index in [9.17, 15) is 9.18 Å². The Kier molecular flexibility index (Phi) is 7.77. The smallest absolute Gasteiger partial charge is 0.253 e. The molecule has 1 aromatic carbocycles. The Hall–Kier alpha value is -2.51. The Morgan fingerprint density at radius 3 is 2.57 bits per heavy atom. The number of hydrogen-bond donors (Lipinski definition) is 0. The van der Waals surface area contributed by atoms with E-state index in [4.69, 9.17) is 9.47 Å². The van der Waals surface area contributed by atoms with Gasteiger partial charge in [-0.2, -0.15) is 0 Å². The monoisotopic (exact) mass is 483 g/mol. The summed E-state index contributed by atoms with van der Waals surface area (Å²) in [6, 6.07) is 11.6. The molecule has 1 aromatic heterocycles. The number of carbonyl (C=O) groups is 1. The molecule has 0 bridgehead atoms. The molecule has 0 aliphatic carbocycles. The summed E-state index contributed by atoms with van der Waals surface area (Å²) in [6.07, 6.45) is 0.393. The minimum Gasteiger partial charge on any atom is -0.491 e. The second-order valence-electron chi connectivity index (χ2n) is 10.4. The van der Waals surface area contributed by atoms with Crippen LogP contribution in [0.4, 0.5) is 4.39 Å². The standard InChI is InChI=1S/C28H38FN3O3/c1-19(2)34-25-10-9-23(15-20(25)3)27(33)32-13-11-28(12-14-32)18-31(16-21(4)29)17-26(35-28)24-8-6-7-22(5)30-24/h6-10,15,19,21,26H,11-14,16-18H2,1-5H3. The van der Waals surface area contributed by atoms with Gasteiger partial charge in [0, 0.05) is 44.0 Å². The summed E-state index contributed by atoms with van der Waals surface area (Å²) < 4.78 is 26.5. The molecular formula is C28H38FN3O3. The average molecular weight is 484 g/mol. The number of morpholine rings is 1. The number of likely N-dealkylation sites (tertiary alicyclic amines) is 1. The summed E-state index contributed by atoms with van der Waals surface area (Å²) in [6.45, 7) is 12.4. The third kappa shape index (κ3) is 6.19. The van der Waals surface area contributed by atoms with Gasteiger partial charge in [0.25, 0.3) is 5.91 Å². The Morgan fingerprint density at radius 2 is 1.94 bits per heavy atom. The van der Waals surface area contributed by atoms with Crippen molar-refractivity contribution in [2.24, 2.45) is 0 Å². The molecule has 6 nitrogen and oxygen atoms in total. The van der Waals surface area contributed by atoms with Crippen molar-refractivity contribution in [3.05, 3.63) is 58.9 Å². The zero-order chi connectivity index (χ0) is 25.2. The predicted octanol–water partition coefficient (Wildman–Crippen LogP) is 4.89. The molecule has 2 aliphatic heterocycles. The number of hydrogen-bond acceptors (Lipinski definition) is 5. The fourth-order valence-electron chi connectivity index (χ4n) is 5.22. The number of alkyl halides is 1. The molecule has 7 heteroatoms. The highest BCUT2D eigenvalue weighted by molar-refractivity contribution is 5.94. The van der Waals surface area contributed by atoms with Crippen LogP contribution in [0.25, 0.3) is 0 Å². The summed E-state index contributed by atoms with van der Waals surface area (Å²) >= 11 is 0. The van der Waals surface area contributed by atoms with Crippen molar-refractivity contribution in [1.29, 1.82) is 0 Å². The van der Waals surface area contributed by atoms with Gasteiger partial charge >= 0.3 is 0 Å². The van der Waals surface area contributed by atoms with Gasteiger partial charge in [0.2, 0.25) is 0 Å². The lowest BCUT2D eigenvalue weighted by atomic mass is 9.87. The van der Waals surface area contributed by atoms with Crippen molar-refractivity contribution in [1.82, 2.24) is 14.8 Å². The van der Waals surface area contributed by atoms with E-state index in [-0.39, 0.29) is 18.1 Å². The maximum Gasteiger partial charge on any atom is 0.253 e. The van der Waals surface area contributed by atoms with Gasteiger partial charge in [-0.05, 0) is 83.4 Å². The number of nitrogens with zero attached hydrogens (tertiary/aromatic N) is 3. The van der Waals surface area contributed by atoms with E-state index in [0.29, 0.717) is 51.1 Å². The average Bonchev–Trinajstić information content (AvgIpc) is 2.79. The number of amides is 1. The van der Waals surface area contributed by atoms with Crippen molar-refractivity contribution in [2.75, 3.05) is 32.7 Å². The van der Waals surface area contributed by atoms with Gasteiger partial charge in [-0.1, -0.05) is 6.07 Å². The summed E-state index contributed by atoms with van der Waals surface area (Å²) in [7, 11) is 0. The van der Waals surface area contributed by atoms with Gasteiger partial charge in [-0.15, -0.1) is 0 Å². The van der Waals surface area contributed by atoms with E-state index in [1.165, 1.54) is 0 Å². The van der Waals surface area contributed by atoms with E-state index >= 15 is 0 Å². The SMILES string of the molecule is Cc1cccc(C2CN(CC(C)F)CC3(CCN(C(=O)c4ccc(OC(C)C)c(C)c4)CC3)O2)n1. The van der Waals surface area contributed by atoms with E-state index in [0.717, 1.165) is 22.7 Å². The van der Waals surface area contributed by atoms with Crippen molar-refractivity contribution in [3.63, 3.8) is 0 Å². The molecule has 2 atom stereocenters. The number of aryl methyl sites for hydroxylation is 2. The Morgan fingerprint density at radius 1 is 1.20 bits per heavy atom. The number of carbonyl (C=O) groups excluding carboxylic acids is 1. The van der Waals surface area contributed by atoms with Crippen LogP contribution in [0.15, 0.2) is 36.4 Å². The van der Waals surface area contributed by atoms with Crippen molar-refractivity contribution in [2.45, 2.75) is 71.4 Å². The lowest BCUT2D eigenvalue weighted by molar-refractivity contribution is -0.178. The third-order valence-corrected chi connectivity index (χ3v) is 6.82. The van der Waals surface area contributed by atoms with Crippen LogP contribution < -0.4 is 4.74 Å². The number of aromatic nitrogens is 1. The molecule has 3 heterocycles. The summed E-state index contributed by atoms with van der Waals surface area (Å²) in [5.41, 5.74) is 3.05. The third-order valence-electron chi connectivity index (χ3n) is 6.82. The van der Waals surface area contributed by atoms with E-state index in [2.05, 4.69) is 9.88 Å². The van der Waals surface area contributed by atoms with Crippen molar-refractivity contribution >= 4 is 5.91 Å². The molecule has 2 unspecified atom stereocenters. The first-order chi connectivity index (χ1) is 16.6. The van der Waals surface area contributed by atoms with Gasteiger partial charge in [-0.25, -0.2) is 4.39 Å². The van der Waals surface area contributed by atoms with Gasteiger partial charge in [0.1, 0.15) is 18.0 Å². The first-order valence-corrected chi connectivity index (χ1v) is 12.7. The molecule has 2 fully saturated rings. The fourth-order valence-corrected chi connectivity index (χ4v) is 5.22. The number of rotatable bonds is 6. The molecule has 2 aromatic rings. The number of piperidine rings is 1. The predicted molar refractivity (Wildman–Crippen MR) is 135 cm³/mol. The normalized spacial score (nSPS) is 21.3. The van der Waals surface area contributed by atoms with Gasteiger partial charge < -0.3 is 14.4 Å². The maximum absolute atomic E-state index is 14.0. The highest BCUT2D eigenvalue weighted by Crippen LogP contribution is 2.38. The number of halogens is 1. The molecule has 0 saturated carbocycles.